The molecule has 0 atom stereocenters. The van der Waals surface area contributed by atoms with Crippen LogP contribution >= 0.6 is 0 Å². The number of amides is 1. The highest BCUT2D eigenvalue weighted by Gasteiger charge is 2.26. The maximum Gasteiger partial charge on any atom is 0.233 e. The number of carbonyl (C=O) groups is 3. The van der Waals surface area contributed by atoms with Crippen molar-refractivity contribution in [3.63, 3.8) is 0 Å². The third kappa shape index (κ3) is 3.12. The van der Waals surface area contributed by atoms with Gasteiger partial charge in [-0.05, 0) is 12.8 Å². The van der Waals surface area contributed by atoms with Crippen molar-refractivity contribution in [2.45, 2.75) is 19.3 Å². The summed E-state index contributed by atoms with van der Waals surface area (Å²) in [7, 11) is 0. The first-order valence-corrected chi connectivity index (χ1v) is 6.40. The van der Waals surface area contributed by atoms with Crippen LogP contribution in [0.3, 0.4) is 0 Å². The van der Waals surface area contributed by atoms with Crippen molar-refractivity contribution in [3.05, 3.63) is 41.5 Å². The number of hydrogen-bond acceptors (Lipinski definition) is 4. The topological polar surface area (TPSA) is 86.5 Å². The van der Waals surface area contributed by atoms with Gasteiger partial charge in [-0.1, -0.05) is 24.3 Å². The summed E-state index contributed by atoms with van der Waals surface area (Å²) < 4.78 is 5.55. The fourth-order valence-corrected chi connectivity index (χ4v) is 1.99. The molecule has 104 valence electrons. The predicted molar refractivity (Wildman–Crippen MR) is 72.8 cm³/mol. The fraction of sp³-hybridized carbons (Fsp3) is 0.267. The first kappa shape index (κ1) is 14.0. The molecular formula is C15H15NO4. The number of carbonyl (C=O) groups excluding carboxylic acids is 3. The van der Waals surface area contributed by atoms with Crippen molar-refractivity contribution < 1.29 is 19.1 Å². The zero-order valence-electron chi connectivity index (χ0n) is 10.9. The number of Topliss-reactive ketones (excluding diaryl/α,β-unsaturated/α-hetero) is 1. The van der Waals surface area contributed by atoms with Crippen LogP contribution < -0.4 is 5.73 Å². The third-order valence-electron chi connectivity index (χ3n) is 3.00. The van der Waals surface area contributed by atoms with E-state index in [0.717, 1.165) is 0 Å². The third-order valence-corrected chi connectivity index (χ3v) is 3.00. The van der Waals surface area contributed by atoms with Gasteiger partial charge in [0.1, 0.15) is 5.76 Å². The average molecular weight is 273 g/mol. The maximum absolute atomic E-state index is 11.7. The number of primary amides is 1. The Balaban J connectivity index is 2.01. The lowest BCUT2D eigenvalue weighted by atomic mass is 9.94. The molecular weight excluding hydrogens is 258 g/mol. The molecule has 1 aliphatic carbocycles. The molecule has 0 aliphatic heterocycles. The highest BCUT2D eigenvalue weighted by Crippen LogP contribution is 2.25. The summed E-state index contributed by atoms with van der Waals surface area (Å²) in [5, 5.41) is 0. The Morgan fingerprint density at radius 2 is 1.80 bits per heavy atom. The van der Waals surface area contributed by atoms with Gasteiger partial charge in [0, 0.05) is 23.6 Å². The van der Waals surface area contributed by atoms with E-state index in [1.54, 1.807) is 24.3 Å². The van der Waals surface area contributed by atoms with Crippen molar-refractivity contribution in [2.24, 2.45) is 5.73 Å². The Morgan fingerprint density at radius 1 is 1.10 bits per heavy atom. The number of ether oxygens (including phenoxy) is 1. The van der Waals surface area contributed by atoms with Gasteiger partial charge >= 0.3 is 0 Å². The minimum absolute atomic E-state index is 0.316. The molecule has 0 aromatic heterocycles. The van der Waals surface area contributed by atoms with Gasteiger partial charge in [0.25, 0.3) is 0 Å². The van der Waals surface area contributed by atoms with Crippen molar-refractivity contribution in [3.8, 4) is 0 Å². The van der Waals surface area contributed by atoms with Gasteiger partial charge in [0.15, 0.2) is 0 Å². The van der Waals surface area contributed by atoms with Crippen LogP contribution in [0.5, 0.6) is 0 Å². The fourth-order valence-electron chi connectivity index (χ4n) is 1.99. The van der Waals surface area contributed by atoms with Crippen LogP contribution in [0.2, 0.25) is 0 Å². The number of fused-ring (bicyclic) bond motifs is 1. The second-order valence-corrected chi connectivity index (χ2v) is 4.52. The monoisotopic (exact) mass is 273 g/mol. The van der Waals surface area contributed by atoms with E-state index >= 15 is 0 Å². The van der Waals surface area contributed by atoms with E-state index in [-0.39, 0.29) is 5.91 Å². The summed E-state index contributed by atoms with van der Waals surface area (Å²) in [5.41, 5.74) is 6.04. The molecule has 5 heteroatoms. The summed E-state index contributed by atoms with van der Waals surface area (Å²) in [6.45, 7) is 0.370. The molecule has 1 aromatic carbocycles. The van der Waals surface area contributed by atoms with Crippen molar-refractivity contribution in [1.29, 1.82) is 0 Å². The van der Waals surface area contributed by atoms with Crippen LogP contribution in [0.25, 0.3) is 5.76 Å². The summed E-state index contributed by atoms with van der Waals surface area (Å²) in [6.07, 6.45) is 2.83. The van der Waals surface area contributed by atoms with Crippen molar-refractivity contribution in [1.82, 2.24) is 0 Å². The van der Waals surface area contributed by atoms with Crippen LogP contribution in [-0.4, -0.2) is 24.1 Å². The summed E-state index contributed by atoms with van der Waals surface area (Å²) in [4.78, 5) is 33.9. The average Bonchev–Trinajstić information content (AvgIpc) is 2.43. The predicted octanol–water partition coefficient (Wildman–Crippen LogP) is 1.47. The van der Waals surface area contributed by atoms with E-state index in [2.05, 4.69) is 0 Å². The summed E-state index contributed by atoms with van der Waals surface area (Å²) in [6, 6.07) is 6.85. The first-order valence-electron chi connectivity index (χ1n) is 6.40. The van der Waals surface area contributed by atoms with Gasteiger partial charge in [-0.3, -0.25) is 14.4 Å². The standard InChI is InChI=1S/C15H15NO4/c16-14(18)7-3-4-8-20-13-9-12(17)15(19)11-6-2-1-5-10(11)13/h1-2,5-6,9H,3-4,7-8H2,(H2,16,18). The number of rotatable bonds is 6. The van der Waals surface area contributed by atoms with E-state index in [1.165, 1.54) is 6.08 Å². The molecule has 20 heavy (non-hydrogen) atoms. The largest absolute Gasteiger partial charge is 0.493 e. The molecule has 0 unspecified atom stereocenters. The molecule has 0 heterocycles. The molecule has 0 spiro atoms. The molecule has 1 aromatic rings. The van der Waals surface area contributed by atoms with Crippen LogP contribution in [0, 0.1) is 0 Å². The van der Waals surface area contributed by atoms with Crippen LogP contribution in [0.1, 0.15) is 35.2 Å². The number of nitrogens with two attached hydrogens (primary N) is 1. The Kier molecular flexibility index (Phi) is 4.30. The lowest BCUT2D eigenvalue weighted by molar-refractivity contribution is -0.118. The van der Waals surface area contributed by atoms with E-state index in [1.807, 2.05) is 0 Å². The van der Waals surface area contributed by atoms with Crippen molar-refractivity contribution in [2.75, 3.05) is 6.61 Å². The zero-order valence-corrected chi connectivity index (χ0v) is 10.9. The van der Waals surface area contributed by atoms with E-state index < -0.39 is 11.6 Å². The first-order chi connectivity index (χ1) is 9.59. The minimum atomic E-state index is -0.573. The summed E-state index contributed by atoms with van der Waals surface area (Å²) in [5.74, 6) is -1.02. The molecule has 0 bridgehead atoms. The number of hydrogen-bond donors (Lipinski definition) is 1. The summed E-state index contributed by atoms with van der Waals surface area (Å²) >= 11 is 0. The van der Waals surface area contributed by atoms with Gasteiger partial charge in [-0.25, -0.2) is 0 Å². The lowest BCUT2D eigenvalue weighted by Gasteiger charge is -2.16. The van der Waals surface area contributed by atoms with Crippen LogP contribution in [0.15, 0.2) is 30.3 Å². The zero-order chi connectivity index (χ0) is 14.5. The number of allylic oxidation sites excluding steroid dienone is 1. The van der Waals surface area contributed by atoms with E-state index in [9.17, 15) is 14.4 Å². The molecule has 2 N–H and O–H groups in total. The van der Waals surface area contributed by atoms with E-state index in [4.69, 9.17) is 10.5 Å². The molecule has 0 fully saturated rings. The Labute approximate surface area is 116 Å². The van der Waals surface area contributed by atoms with Crippen LogP contribution in [-0.2, 0) is 14.3 Å². The van der Waals surface area contributed by atoms with Gasteiger partial charge < -0.3 is 10.5 Å². The molecule has 1 amide bonds. The molecule has 0 saturated carbocycles. The van der Waals surface area contributed by atoms with Gasteiger partial charge in [-0.2, -0.15) is 0 Å². The maximum atomic E-state index is 11.7. The van der Waals surface area contributed by atoms with E-state index in [0.29, 0.717) is 42.8 Å². The number of unbranched alkanes of at least 4 members (excludes halogenated alkanes) is 1. The van der Waals surface area contributed by atoms with Gasteiger partial charge in [-0.15, -0.1) is 0 Å². The SMILES string of the molecule is NC(=O)CCCCOC1=CC(=O)C(=O)c2ccccc21. The smallest absolute Gasteiger partial charge is 0.233 e. The number of benzene rings is 1. The molecule has 0 saturated heterocycles. The minimum Gasteiger partial charge on any atom is -0.493 e. The second-order valence-electron chi connectivity index (χ2n) is 4.52. The highest BCUT2D eigenvalue weighted by atomic mass is 16.5. The Hall–Kier alpha value is -2.43. The lowest BCUT2D eigenvalue weighted by Crippen LogP contribution is -2.19. The van der Waals surface area contributed by atoms with Gasteiger partial charge in [0.2, 0.25) is 17.5 Å². The Bertz CT molecular complexity index is 589. The molecule has 2 rings (SSSR count). The quantitative estimate of drug-likeness (QED) is 0.628. The molecule has 1 aliphatic rings. The Morgan fingerprint density at radius 3 is 2.50 bits per heavy atom. The molecule has 5 nitrogen and oxygen atoms in total. The van der Waals surface area contributed by atoms with Gasteiger partial charge in [0.05, 0.1) is 6.61 Å². The number of ketones is 2. The second kappa shape index (κ2) is 6.14. The van der Waals surface area contributed by atoms with Crippen molar-refractivity contribution >= 4 is 23.2 Å². The van der Waals surface area contributed by atoms with Crippen LogP contribution in [0.4, 0.5) is 0 Å². The highest BCUT2D eigenvalue weighted by molar-refractivity contribution is 6.50. The normalized spacial score (nSPS) is 13.7. The molecule has 0 radical (unpaired) electrons.